The molecule has 0 aliphatic carbocycles. The zero-order chi connectivity index (χ0) is 29.2. The fourth-order valence-corrected chi connectivity index (χ4v) is 6.23. The molecular formula is C32H61NO5P+. The number of carbonyl (C=O) groups is 2. The van der Waals surface area contributed by atoms with E-state index in [0.717, 1.165) is 64.2 Å². The number of allylic oxidation sites excluding steroid dienone is 4. The second-order valence-corrected chi connectivity index (χ2v) is 13.7. The highest BCUT2D eigenvalue weighted by molar-refractivity contribution is 7.54. The molecule has 0 rings (SSSR count). The normalized spacial score (nSPS) is 13.7. The highest BCUT2D eigenvalue weighted by Gasteiger charge is 2.38. The molecule has 0 aliphatic rings. The van der Waals surface area contributed by atoms with Crippen molar-refractivity contribution in [2.75, 3.05) is 27.4 Å². The van der Waals surface area contributed by atoms with Gasteiger partial charge >= 0.3 is 19.5 Å². The Hall–Kier alpha value is -1.39. The maximum Gasteiger partial charge on any atom is 0.489 e. The van der Waals surface area contributed by atoms with Crippen LogP contribution in [-0.2, 0) is 23.2 Å². The summed E-state index contributed by atoms with van der Waals surface area (Å²) >= 11 is 0. The molecule has 0 aliphatic heterocycles. The first-order valence-corrected chi connectivity index (χ1v) is 17.5. The van der Waals surface area contributed by atoms with Crippen LogP contribution in [0, 0.1) is 0 Å². The van der Waals surface area contributed by atoms with Gasteiger partial charge in [-0.3, -0.25) is 9.59 Å². The fraction of sp³-hybridized carbons (Fsp3) is 0.812. The quantitative estimate of drug-likeness (QED) is 0.0448. The predicted molar refractivity (Wildman–Crippen MR) is 165 cm³/mol. The SMILES string of the molecule is CCCCC=CCCCCCCCC(=O)OP(=O)(C[N+](C)(C)C)OC(=O)CCCCCCCC=CCCCC. The van der Waals surface area contributed by atoms with Crippen molar-refractivity contribution >= 4 is 19.5 Å². The largest absolute Gasteiger partial charge is 0.489 e. The Balaban J connectivity index is 4.23. The Morgan fingerprint density at radius 1 is 0.564 bits per heavy atom. The van der Waals surface area contributed by atoms with Crippen LogP contribution in [0.5, 0.6) is 0 Å². The first-order chi connectivity index (χ1) is 18.6. The van der Waals surface area contributed by atoms with Crippen LogP contribution < -0.4 is 0 Å². The van der Waals surface area contributed by atoms with Crippen molar-refractivity contribution in [3.8, 4) is 0 Å². The van der Waals surface area contributed by atoms with Gasteiger partial charge in [-0.05, 0) is 51.4 Å². The number of nitrogens with zero attached hydrogens (tertiary/aromatic N) is 1. The third-order valence-corrected chi connectivity index (χ3v) is 8.52. The van der Waals surface area contributed by atoms with Gasteiger partial charge in [0.15, 0.2) is 0 Å². The molecule has 7 heteroatoms. The maximum absolute atomic E-state index is 13.3. The number of hydrogen-bond acceptors (Lipinski definition) is 5. The Bertz CT molecular complexity index is 677. The topological polar surface area (TPSA) is 69.7 Å². The molecule has 0 atom stereocenters. The summed E-state index contributed by atoms with van der Waals surface area (Å²) in [5.74, 6) is -1.08. The molecule has 0 N–H and O–H groups in total. The van der Waals surface area contributed by atoms with Gasteiger partial charge in [0, 0.05) is 12.8 Å². The van der Waals surface area contributed by atoms with Gasteiger partial charge in [0.2, 0.25) is 6.29 Å². The van der Waals surface area contributed by atoms with Crippen LogP contribution in [0.25, 0.3) is 0 Å². The molecule has 0 spiro atoms. The standard InChI is InChI=1S/C32H61NO5P/c1-6-8-10-12-14-16-18-20-22-24-26-28-31(34)37-39(36,30-33(3,4)5)38-32(35)29-27-25-23-21-19-17-15-13-11-9-7-2/h12-15H,6-11,16-30H2,1-5H3/q+1. The summed E-state index contributed by atoms with van der Waals surface area (Å²) < 4.78 is 24.3. The molecule has 0 aromatic rings. The molecule has 0 bridgehead atoms. The van der Waals surface area contributed by atoms with E-state index in [9.17, 15) is 14.2 Å². The average molecular weight is 571 g/mol. The summed E-state index contributed by atoms with van der Waals surface area (Å²) in [7, 11) is 1.66. The second-order valence-electron chi connectivity index (χ2n) is 11.8. The number of hydrogen-bond donors (Lipinski definition) is 0. The van der Waals surface area contributed by atoms with Crippen molar-refractivity contribution in [2.24, 2.45) is 0 Å². The zero-order valence-electron chi connectivity index (χ0n) is 26.1. The van der Waals surface area contributed by atoms with E-state index in [1.54, 1.807) is 0 Å². The van der Waals surface area contributed by atoms with Crippen LogP contribution in [0.2, 0.25) is 0 Å². The minimum atomic E-state index is -3.86. The van der Waals surface area contributed by atoms with Gasteiger partial charge in [0.05, 0.1) is 21.1 Å². The summed E-state index contributed by atoms with van der Waals surface area (Å²) in [6, 6.07) is 0. The van der Waals surface area contributed by atoms with Crippen molar-refractivity contribution in [1.82, 2.24) is 0 Å². The van der Waals surface area contributed by atoms with Crippen molar-refractivity contribution in [3.63, 3.8) is 0 Å². The number of quaternary nitrogens is 1. The van der Waals surface area contributed by atoms with Crippen molar-refractivity contribution in [2.45, 2.75) is 142 Å². The number of carbonyl (C=O) groups excluding carboxylic acids is 2. The molecular weight excluding hydrogens is 509 g/mol. The van der Waals surface area contributed by atoms with Crippen LogP contribution in [0.3, 0.4) is 0 Å². The molecule has 0 aromatic carbocycles. The van der Waals surface area contributed by atoms with Crippen LogP contribution in [0.4, 0.5) is 0 Å². The summed E-state index contributed by atoms with van der Waals surface area (Å²) in [6.07, 6.45) is 29.0. The first kappa shape index (κ1) is 37.6. The summed E-state index contributed by atoms with van der Waals surface area (Å²) in [6.45, 7) is 4.41. The predicted octanol–water partition coefficient (Wildman–Crippen LogP) is 9.88. The van der Waals surface area contributed by atoms with Gasteiger partial charge in [-0.15, -0.1) is 0 Å². The van der Waals surface area contributed by atoms with E-state index in [1.165, 1.54) is 38.5 Å². The lowest BCUT2D eigenvalue weighted by atomic mass is 10.1. The molecule has 6 nitrogen and oxygen atoms in total. The van der Waals surface area contributed by atoms with E-state index < -0.39 is 19.5 Å². The smallest absolute Gasteiger partial charge is 0.379 e. The van der Waals surface area contributed by atoms with Crippen molar-refractivity contribution in [3.05, 3.63) is 24.3 Å². The Morgan fingerprint density at radius 3 is 1.26 bits per heavy atom. The molecule has 0 radical (unpaired) electrons. The summed E-state index contributed by atoms with van der Waals surface area (Å²) in [5, 5.41) is 0. The van der Waals surface area contributed by atoms with Gasteiger partial charge in [0.1, 0.15) is 0 Å². The zero-order valence-corrected chi connectivity index (χ0v) is 27.0. The highest BCUT2D eigenvalue weighted by Crippen LogP contribution is 2.50. The minimum Gasteiger partial charge on any atom is -0.379 e. The van der Waals surface area contributed by atoms with Crippen LogP contribution in [-0.4, -0.2) is 43.9 Å². The molecule has 228 valence electrons. The lowest BCUT2D eigenvalue weighted by Crippen LogP contribution is -2.36. The molecule has 0 unspecified atom stereocenters. The van der Waals surface area contributed by atoms with Crippen molar-refractivity contribution < 1.29 is 27.7 Å². The molecule has 0 heterocycles. The Kier molecular flexibility index (Phi) is 23.5. The molecule has 0 fully saturated rings. The lowest BCUT2D eigenvalue weighted by Gasteiger charge is -2.27. The van der Waals surface area contributed by atoms with E-state index in [2.05, 4.69) is 38.2 Å². The van der Waals surface area contributed by atoms with E-state index in [1.807, 2.05) is 21.1 Å². The van der Waals surface area contributed by atoms with Crippen molar-refractivity contribution in [1.29, 1.82) is 0 Å². The van der Waals surface area contributed by atoms with Crippen LogP contribution >= 0.6 is 7.60 Å². The highest BCUT2D eigenvalue weighted by atomic mass is 31.2. The minimum absolute atomic E-state index is 0.0258. The Morgan fingerprint density at radius 2 is 0.897 bits per heavy atom. The van der Waals surface area contributed by atoms with Crippen LogP contribution in [0.1, 0.15) is 142 Å². The van der Waals surface area contributed by atoms with E-state index >= 15 is 0 Å². The van der Waals surface area contributed by atoms with E-state index in [4.69, 9.17) is 9.05 Å². The average Bonchev–Trinajstić information content (AvgIpc) is 2.84. The van der Waals surface area contributed by atoms with Gasteiger partial charge < -0.3 is 13.5 Å². The first-order valence-electron chi connectivity index (χ1n) is 15.8. The van der Waals surface area contributed by atoms with Crippen LogP contribution in [0.15, 0.2) is 24.3 Å². The third kappa shape index (κ3) is 26.6. The van der Waals surface area contributed by atoms with E-state index in [0.29, 0.717) is 12.8 Å². The third-order valence-electron chi connectivity index (χ3n) is 6.36. The molecule has 0 saturated carbocycles. The van der Waals surface area contributed by atoms with Gasteiger partial charge in [-0.1, -0.05) is 102 Å². The van der Waals surface area contributed by atoms with Gasteiger partial charge in [-0.25, -0.2) is 4.57 Å². The monoisotopic (exact) mass is 570 g/mol. The number of rotatable bonds is 26. The van der Waals surface area contributed by atoms with E-state index in [-0.39, 0.29) is 23.6 Å². The molecule has 39 heavy (non-hydrogen) atoms. The maximum atomic E-state index is 13.3. The number of unbranched alkanes of at least 4 members (excludes halogenated alkanes) is 14. The second kappa shape index (κ2) is 24.4. The fourth-order valence-electron chi connectivity index (χ4n) is 4.24. The molecule has 0 saturated heterocycles. The molecule has 0 aromatic heterocycles. The Labute approximate surface area is 241 Å². The lowest BCUT2D eigenvalue weighted by molar-refractivity contribution is -0.859. The van der Waals surface area contributed by atoms with Gasteiger partial charge in [-0.2, -0.15) is 0 Å². The summed E-state index contributed by atoms with van der Waals surface area (Å²) in [5.41, 5.74) is 0. The molecule has 0 amide bonds. The van der Waals surface area contributed by atoms with Gasteiger partial charge in [0.25, 0.3) is 0 Å². The summed E-state index contributed by atoms with van der Waals surface area (Å²) in [4.78, 5) is 24.9.